The number of nitrogens with one attached hydrogen (secondary N) is 1. The van der Waals surface area contributed by atoms with Gasteiger partial charge >= 0.3 is 6.03 Å². The summed E-state index contributed by atoms with van der Waals surface area (Å²) in [5.41, 5.74) is 3.56. The van der Waals surface area contributed by atoms with Crippen molar-refractivity contribution in [3.8, 4) is 0 Å². The van der Waals surface area contributed by atoms with E-state index in [4.69, 9.17) is 11.6 Å². The lowest BCUT2D eigenvalue weighted by Crippen LogP contribution is -2.37. The normalized spacial score (nSPS) is 14.1. The molecule has 25 heavy (non-hydrogen) atoms. The van der Waals surface area contributed by atoms with Gasteiger partial charge in [-0.2, -0.15) is 0 Å². The van der Waals surface area contributed by atoms with Crippen molar-refractivity contribution in [1.29, 1.82) is 0 Å². The molecule has 0 aliphatic carbocycles. The number of hydrogen-bond donors (Lipinski definition) is 1. The minimum Gasteiger partial charge on any atom is -0.324 e. The number of benzene rings is 2. The number of rotatable bonds is 4. The third kappa shape index (κ3) is 3.77. The van der Waals surface area contributed by atoms with E-state index in [2.05, 4.69) is 5.32 Å². The van der Waals surface area contributed by atoms with E-state index in [9.17, 15) is 9.59 Å². The van der Waals surface area contributed by atoms with Gasteiger partial charge < -0.3 is 10.2 Å². The minimum absolute atomic E-state index is 0.0314. The third-order valence-corrected chi connectivity index (χ3v) is 4.53. The van der Waals surface area contributed by atoms with Crippen LogP contribution in [0.3, 0.4) is 0 Å². The van der Waals surface area contributed by atoms with Crippen LogP contribution in [0.2, 0.25) is 5.02 Å². The smallest absolute Gasteiger partial charge is 0.324 e. The molecule has 0 radical (unpaired) electrons. The maximum atomic E-state index is 12.6. The van der Waals surface area contributed by atoms with Gasteiger partial charge in [0.15, 0.2) is 0 Å². The summed E-state index contributed by atoms with van der Waals surface area (Å²) in [6.07, 6.45) is 0. The van der Waals surface area contributed by atoms with E-state index in [0.717, 1.165) is 22.5 Å². The van der Waals surface area contributed by atoms with Crippen LogP contribution in [0, 0.1) is 13.8 Å². The Morgan fingerprint density at radius 2 is 1.80 bits per heavy atom. The number of para-hydroxylation sites is 1. The van der Waals surface area contributed by atoms with E-state index in [1.807, 2.05) is 38.1 Å². The molecule has 3 rings (SSSR count). The van der Waals surface area contributed by atoms with Gasteiger partial charge in [-0.05, 0) is 43.2 Å². The van der Waals surface area contributed by atoms with Crippen LogP contribution >= 0.6 is 11.6 Å². The van der Waals surface area contributed by atoms with Gasteiger partial charge in [0.2, 0.25) is 5.91 Å². The number of anilines is 2. The SMILES string of the molecule is Cc1cccc(C)c1NC(=O)CN1CCN(c2cccc(Cl)c2)C1=O. The monoisotopic (exact) mass is 357 g/mol. The van der Waals surface area contributed by atoms with E-state index in [1.165, 1.54) is 0 Å². The quantitative estimate of drug-likeness (QED) is 0.903. The van der Waals surface area contributed by atoms with Gasteiger partial charge in [0.25, 0.3) is 0 Å². The Labute approximate surface area is 152 Å². The summed E-state index contributed by atoms with van der Waals surface area (Å²) in [4.78, 5) is 28.1. The van der Waals surface area contributed by atoms with Gasteiger partial charge in [-0.1, -0.05) is 35.9 Å². The molecule has 0 aromatic heterocycles. The molecule has 1 aliphatic rings. The van der Waals surface area contributed by atoms with Crippen LogP contribution in [0.5, 0.6) is 0 Å². The average molecular weight is 358 g/mol. The van der Waals surface area contributed by atoms with Crippen LogP contribution in [0.1, 0.15) is 11.1 Å². The molecule has 0 atom stereocenters. The highest BCUT2D eigenvalue weighted by molar-refractivity contribution is 6.30. The maximum Gasteiger partial charge on any atom is 0.325 e. The number of amides is 3. The first-order chi connectivity index (χ1) is 12.0. The molecule has 2 aromatic rings. The number of nitrogens with zero attached hydrogens (tertiary/aromatic N) is 2. The first-order valence-corrected chi connectivity index (χ1v) is 8.51. The minimum atomic E-state index is -0.196. The van der Waals surface area contributed by atoms with Crippen molar-refractivity contribution in [3.63, 3.8) is 0 Å². The Morgan fingerprint density at radius 3 is 2.48 bits per heavy atom. The van der Waals surface area contributed by atoms with Crippen LogP contribution in [0.4, 0.5) is 16.2 Å². The van der Waals surface area contributed by atoms with Gasteiger partial charge in [0, 0.05) is 29.5 Å². The number of carbonyl (C=O) groups is 2. The highest BCUT2D eigenvalue weighted by Crippen LogP contribution is 2.24. The molecule has 1 aliphatic heterocycles. The van der Waals surface area contributed by atoms with Gasteiger partial charge in [-0.3, -0.25) is 9.69 Å². The second-order valence-corrected chi connectivity index (χ2v) is 6.59. The largest absolute Gasteiger partial charge is 0.325 e. The summed E-state index contributed by atoms with van der Waals surface area (Å²) in [6.45, 7) is 4.97. The van der Waals surface area contributed by atoms with E-state index >= 15 is 0 Å². The molecule has 0 bridgehead atoms. The molecule has 0 unspecified atom stereocenters. The molecular weight excluding hydrogens is 338 g/mol. The van der Waals surface area contributed by atoms with E-state index in [0.29, 0.717) is 18.1 Å². The van der Waals surface area contributed by atoms with E-state index < -0.39 is 0 Å². The molecule has 6 heteroatoms. The summed E-state index contributed by atoms with van der Waals surface area (Å²) in [7, 11) is 0. The van der Waals surface area contributed by atoms with Crippen molar-refractivity contribution in [2.24, 2.45) is 0 Å². The number of carbonyl (C=O) groups excluding carboxylic acids is 2. The fraction of sp³-hybridized carbons (Fsp3) is 0.263. The molecular formula is C19H20ClN3O2. The van der Waals surface area contributed by atoms with Crippen LogP contribution in [-0.4, -0.2) is 36.5 Å². The van der Waals surface area contributed by atoms with Crippen molar-refractivity contribution in [3.05, 3.63) is 58.6 Å². The summed E-state index contributed by atoms with van der Waals surface area (Å²) >= 11 is 6.00. The molecule has 3 amide bonds. The second-order valence-electron chi connectivity index (χ2n) is 6.15. The molecule has 1 N–H and O–H groups in total. The van der Waals surface area contributed by atoms with E-state index in [1.54, 1.807) is 28.0 Å². The zero-order valence-corrected chi connectivity index (χ0v) is 15.0. The Hall–Kier alpha value is -2.53. The standard InChI is InChI=1S/C19H20ClN3O2/c1-13-5-3-6-14(2)18(13)21-17(24)12-22-9-10-23(19(22)25)16-8-4-7-15(20)11-16/h3-8,11H,9-10,12H2,1-2H3,(H,21,24). The lowest BCUT2D eigenvalue weighted by molar-refractivity contribution is -0.116. The predicted octanol–water partition coefficient (Wildman–Crippen LogP) is 3.84. The Kier molecular flexibility index (Phi) is 4.95. The third-order valence-electron chi connectivity index (χ3n) is 4.29. The Morgan fingerprint density at radius 1 is 1.12 bits per heavy atom. The van der Waals surface area contributed by atoms with Gasteiger partial charge in [0.1, 0.15) is 6.54 Å². The summed E-state index contributed by atoms with van der Waals surface area (Å²) in [6, 6.07) is 12.8. The maximum absolute atomic E-state index is 12.6. The highest BCUT2D eigenvalue weighted by Gasteiger charge is 2.31. The van der Waals surface area contributed by atoms with Crippen molar-refractivity contribution >= 4 is 34.9 Å². The number of hydrogen-bond acceptors (Lipinski definition) is 2. The average Bonchev–Trinajstić information content (AvgIpc) is 2.92. The second kappa shape index (κ2) is 7.15. The highest BCUT2D eigenvalue weighted by atomic mass is 35.5. The van der Waals surface area contributed by atoms with Gasteiger partial charge in [-0.15, -0.1) is 0 Å². The fourth-order valence-corrected chi connectivity index (χ4v) is 3.16. The summed E-state index contributed by atoms with van der Waals surface area (Å²) in [5, 5.41) is 3.50. The first-order valence-electron chi connectivity index (χ1n) is 8.14. The van der Waals surface area contributed by atoms with Crippen molar-refractivity contribution in [1.82, 2.24) is 4.90 Å². The summed E-state index contributed by atoms with van der Waals surface area (Å²) in [5.74, 6) is -0.196. The van der Waals surface area contributed by atoms with E-state index in [-0.39, 0.29) is 18.5 Å². The zero-order valence-electron chi connectivity index (χ0n) is 14.3. The topological polar surface area (TPSA) is 52.7 Å². The zero-order chi connectivity index (χ0) is 18.0. The molecule has 5 nitrogen and oxygen atoms in total. The predicted molar refractivity (Wildman–Crippen MR) is 100 cm³/mol. The van der Waals surface area contributed by atoms with Crippen LogP contribution < -0.4 is 10.2 Å². The fourth-order valence-electron chi connectivity index (χ4n) is 2.98. The number of aryl methyl sites for hydroxylation is 2. The van der Waals surface area contributed by atoms with Crippen LogP contribution in [0.25, 0.3) is 0 Å². The first kappa shape index (κ1) is 17.3. The number of halogens is 1. The summed E-state index contributed by atoms with van der Waals surface area (Å²) < 4.78 is 0. The van der Waals surface area contributed by atoms with Crippen LogP contribution in [0.15, 0.2) is 42.5 Å². The van der Waals surface area contributed by atoms with Crippen molar-refractivity contribution in [2.45, 2.75) is 13.8 Å². The Balaban J connectivity index is 1.66. The van der Waals surface area contributed by atoms with Gasteiger partial charge in [-0.25, -0.2) is 4.79 Å². The van der Waals surface area contributed by atoms with Crippen molar-refractivity contribution < 1.29 is 9.59 Å². The molecule has 1 saturated heterocycles. The lowest BCUT2D eigenvalue weighted by Gasteiger charge is -2.19. The molecule has 0 saturated carbocycles. The van der Waals surface area contributed by atoms with Crippen LogP contribution in [-0.2, 0) is 4.79 Å². The number of urea groups is 1. The molecule has 130 valence electrons. The van der Waals surface area contributed by atoms with Gasteiger partial charge in [0.05, 0.1) is 0 Å². The Bertz CT molecular complexity index is 802. The lowest BCUT2D eigenvalue weighted by atomic mass is 10.1. The molecule has 1 heterocycles. The molecule has 1 fully saturated rings. The molecule has 2 aromatic carbocycles. The van der Waals surface area contributed by atoms with Crippen molar-refractivity contribution in [2.75, 3.05) is 29.9 Å². The molecule has 0 spiro atoms.